The molecule has 1 saturated heterocycles. The monoisotopic (exact) mass is 434 g/mol. The molecule has 1 heterocycles. The minimum atomic E-state index is -3.73. The number of rotatable bonds is 7. The van der Waals surface area contributed by atoms with Crippen molar-refractivity contribution in [2.24, 2.45) is 5.92 Å². The predicted molar refractivity (Wildman–Crippen MR) is 110 cm³/mol. The molecular weight excluding hydrogens is 411 g/mol. The second-order valence-corrected chi connectivity index (χ2v) is 9.23. The van der Waals surface area contributed by atoms with E-state index in [2.05, 4.69) is 10.6 Å². The van der Waals surface area contributed by atoms with Crippen molar-refractivity contribution in [3.05, 3.63) is 54.3 Å². The molecule has 2 atom stereocenters. The smallest absolute Gasteiger partial charge is 0.253 e. The van der Waals surface area contributed by atoms with Crippen LogP contribution in [0.1, 0.15) is 19.8 Å². The Morgan fingerprint density at radius 3 is 2.23 bits per heavy atom. The molecular formula is C21H23FN2O5S. The molecule has 0 bridgehead atoms. The Morgan fingerprint density at radius 2 is 1.67 bits per heavy atom. The molecule has 2 aromatic rings. The van der Waals surface area contributed by atoms with Crippen molar-refractivity contribution in [3.63, 3.8) is 0 Å². The van der Waals surface area contributed by atoms with Crippen LogP contribution in [-0.2, 0) is 24.2 Å². The van der Waals surface area contributed by atoms with E-state index < -0.39 is 39.3 Å². The van der Waals surface area contributed by atoms with Crippen LogP contribution in [0.2, 0.25) is 0 Å². The topological polar surface area (TPSA) is 102 Å². The lowest BCUT2D eigenvalue weighted by atomic mass is 10.2. The summed E-state index contributed by atoms with van der Waals surface area (Å²) in [7, 11) is -3.73. The Kier molecular flexibility index (Phi) is 6.84. The van der Waals surface area contributed by atoms with Crippen molar-refractivity contribution in [2.45, 2.75) is 30.8 Å². The number of amides is 2. The van der Waals surface area contributed by atoms with Crippen LogP contribution in [0.3, 0.4) is 0 Å². The van der Waals surface area contributed by atoms with Crippen LogP contribution in [0.5, 0.6) is 0 Å². The average molecular weight is 434 g/mol. The molecule has 0 radical (unpaired) electrons. The molecule has 7 nitrogen and oxygen atoms in total. The third-order valence-electron chi connectivity index (χ3n) is 4.73. The molecule has 160 valence electrons. The molecule has 9 heteroatoms. The standard InChI is InChI=1S/C21H23FN2O5S/c1-14(13-30(27,28)18-10-4-15(22)5-11-18)20(25)23-16-6-8-17(9-7-16)24-21(26)19-3-2-12-29-19/h4-11,14,19H,2-3,12-13H2,1H3,(H,23,25)(H,24,26)/t14-,19-/m1/s1. The SMILES string of the molecule is C[C@H](CS(=O)(=O)c1ccc(F)cc1)C(=O)Nc1ccc(NC(=O)[C@H]2CCCO2)cc1. The van der Waals surface area contributed by atoms with E-state index in [1.807, 2.05) is 0 Å². The highest BCUT2D eigenvalue weighted by Crippen LogP contribution is 2.19. The molecule has 1 aliphatic heterocycles. The maximum atomic E-state index is 13.0. The molecule has 0 saturated carbocycles. The van der Waals surface area contributed by atoms with E-state index in [9.17, 15) is 22.4 Å². The van der Waals surface area contributed by atoms with Gasteiger partial charge in [0.05, 0.1) is 10.6 Å². The summed E-state index contributed by atoms with van der Waals surface area (Å²) in [5.41, 5.74) is 1.04. The van der Waals surface area contributed by atoms with Crippen molar-refractivity contribution in [2.75, 3.05) is 23.0 Å². The summed E-state index contributed by atoms with van der Waals surface area (Å²) in [6, 6.07) is 11.0. The van der Waals surface area contributed by atoms with Crippen LogP contribution in [0.4, 0.5) is 15.8 Å². The van der Waals surface area contributed by atoms with Gasteiger partial charge in [-0.1, -0.05) is 6.92 Å². The molecule has 2 N–H and O–H groups in total. The number of ether oxygens (including phenoxy) is 1. The number of carbonyl (C=O) groups excluding carboxylic acids is 2. The first-order chi connectivity index (χ1) is 14.2. The van der Waals surface area contributed by atoms with Crippen LogP contribution in [0, 0.1) is 11.7 Å². The highest BCUT2D eigenvalue weighted by molar-refractivity contribution is 7.91. The van der Waals surface area contributed by atoms with Crippen molar-refractivity contribution in [3.8, 4) is 0 Å². The number of hydrogen-bond acceptors (Lipinski definition) is 5. The number of hydrogen-bond donors (Lipinski definition) is 2. The lowest BCUT2D eigenvalue weighted by Crippen LogP contribution is -2.27. The second-order valence-electron chi connectivity index (χ2n) is 7.19. The van der Waals surface area contributed by atoms with E-state index in [4.69, 9.17) is 4.74 Å². The lowest BCUT2D eigenvalue weighted by molar-refractivity contribution is -0.124. The first kappa shape index (κ1) is 21.9. The maximum absolute atomic E-state index is 13.0. The summed E-state index contributed by atoms with van der Waals surface area (Å²) in [4.78, 5) is 24.4. The highest BCUT2D eigenvalue weighted by Gasteiger charge is 2.24. The number of anilines is 2. The Labute approximate surface area is 174 Å². The van der Waals surface area contributed by atoms with E-state index in [0.29, 0.717) is 24.4 Å². The molecule has 0 spiro atoms. The number of carbonyl (C=O) groups is 2. The summed E-state index contributed by atoms with van der Waals surface area (Å²) >= 11 is 0. The number of halogens is 1. The fourth-order valence-electron chi connectivity index (χ4n) is 3.05. The van der Waals surface area contributed by atoms with Gasteiger partial charge in [0, 0.05) is 23.9 Å². The molecule has 2 aromatic carbocycles. The van der Waals surface area contributed by atoms with Gasteiger partial charge in [0.2, 0.25) is 5.91 Å². The second kappa shape index (κ2) is 9.36. The third-order valence-corrected chi connectivity index (χ3v) is 6.66. The van der Waals surface area contributed by atoms with Crippen LogP contribution in [-0.4, -0.2) is 38.7 Å². The minimum absolute atomic E-state index is 0.0325. The molecule has 0 aliphatic carbocycles. The van der Waals surface area contributed by atoms with Gasteiger partial charge in [0.15, 0.2) is 9.84 Å². The maximum Gasteiger partial charge on any atom is 0.253 e. The molecule has 1 aliphatic rings. The van der Waals surface area contributed by atoms with E-state index in [0.717, 1.165) is 18.6 Å². The summed E-state index contributed by atoms with van der Waals surface area (Å²) in [6.45, 7) is 2.09. The number of benzene rings is 2. The van der Waals surface area contributed by atoms with E-state index in [1.54, 1.807) is 24.3 Å². The van der Waals surface area contributed by atoms with Gasteiger partial charge in [-0.15, -0.1) is 0 Å². The van der Waals surface area contributed by atoms with Crippen molar-refractivity contribution in [1.29, 1.82) is 0 Å². The summed E-state index contributed by atoms with van der Waals surface area (Å²) in [5, 5.41) is 5.42. The first-order valence-electron chi connectivity index (χ1n) is 9.56. The van der Waals surface area contributed by atoms with Crippen LogP contribution < -0.4 is 10.6 Å². The first-order valence-corrected chi connectivity index (χ1v) is 11.2. The van der Waals surface area contributed by atoms with Crippen molar-refractivity contribution in [1.82, 2.24) is 0 Å². The predicted octanol–water partition coefficient (Wildman–Crippen LogP) is 2.99. The van der Waals surface area contributed by atoms with Crippen LogP contribution in [0.15, 0.2) is 53.4 Å². The van der Waals surface area contributed by atoms with E-state index in [1.165, 1.54) is 19.1 Å². The minimum Gasteiger partial charge on any atom is -0.368 e. The molecule has 2 amide bonds. The molecule has 1 fully saturated rings. The quantitative estimate of drug-likeness (QED) is 0.653. The number of sulfone groups is 1. The summed E-state index contributed by atoms with van der Waals surface area (Å²) in [6.07, 6.45) is 1.12. The molecule has 3 rings (SSSR count). The lowest BCUT2D eigenvalue weighted by Gasteiger charge is -2.14. The fourth-order valence-corrected chi connectivity index (χ4v) is 4.61. The average Bonchev–Trinajstić information content (AvgIpc) is 3.24. The molecule has 30 heavy (non-hydrogen) atoms. The Balaban J connectivity index is 1.55. The van der Waals surface area contributed by atoms with Gasteiger partial charge in [-0.05, 0) is 61.4 Å². The van der Waals surface area contributed by atoms with Gasteiger partial charge in [0.1, 0.15) is 11.9 Å². The molecule has 0 aromatic heterocycles. The Morgan fingerprint density at radius 1 is 1.07 bits per heavy atom. The van der Waals surface area contributed by atoms with Crippen LogP contribution in [0.25, 0.3) is 0 Å². The zero-order valence-electron chi connectivity index (χ0n) is 16.4. The van der Waals surface area contributed by atoms with Crippen molar-refractivity contribution >= 4 is 33.0 Å². The Hall–Kier alpha value is -2.78. The van der Waals surface area contributed by atoms with Crippen molar-refractivity contribution < 1.29 is 27.1 Å². The Bertz CT molecular complexity index is 1000. The van der Waals surface area contributed by atoms with Gasteiger partial charge in [-0.2, -0.15) is 0 Å². The highest BCUT2D eigenvalue weighted by atomic mass is 32.2. The molecule has 0 unspecified atom stereocenters. The van der Waals surface area contributed by atoms with E-state index >= 15 is 0 Å². The van der Waals surface area contributed by atoms with Gasteiger partial charge < -0.3 is 15.4 Å². The zero-order chi connectivity index (χ0) is 21.7. The van der Waals surface area contributed by atoms with Gasteiger partial charge in [-0.25, -0.2) is 12.8 Å². The van der Waals surface area contributed by atoms with Gasteiger partial charge in [0.25, 0.3) is 5.91 Å². The van der Waals surface area contributed by atoms with Crippen LogP contribution >= 0.6 is 0 Å². The normalized spacial score (nSPS) is 17.3. The summed E-state index contributed by atoms with van der Waals surface area (Å²) in [5.74, 6) is -2.42. The zero-order valence-corrected chi connectivity index (χ0v) is 17.2. The van der Waals surface area contributed by atoms with Gasteiger partial charge >= 0.3 is 0 Å². The van der Waals surface area contributed by atoms with E-state index in [-0.39, 0.29) is 10.8 Å². The number of nitrogens with one attached hydrogen (secondary N) is 2. The fraction of sp³-hybridized carbons (Fsp3) is 0.333. The summed E-state index contributed by atoms with van der Waals surface area (Å²) < 4.78 is 43.2. The third kappa shape index (κ3) is 5.64. The largest absolute Gasteiger partial charge is 0.368 e. The van der Waals surface area contributed by atoms with Gasteiger partial charge in [-0.3, -0.25) is 9.59 Å².